The summed E-state index contributed by atoms with van der Waals surface area (Å²) in [5.41, 5.74) is 0.954. The van der Waals surface area contributed by atoms with Gasteiger partial charge in [0.1, 0.15) is 5.82 Å². The summed E-state index contributed by atoms with van der Waals surface area (Å²) in [6, 6.07) is 7.60. The Kier molecular flexibility index (Phi) is 7.66. The first-order chi connectivity index (χ1) is 13.8. The van der Waals surface area contributed by atoms with Crippen LogP contribution in [0.25, 0.3) is 0 Å². The van der Waals surface area contributed by atoms with E-state index in [1.165, 1.54) is 12.1 Å². The molecule has 2 fully saturated rings. The van der Waals surface area contributed by atoms with Crippen molar-refractivity contribution in [3.63, 3.8) is 0 Å². The Hall–Kier alpha value is -1.50. The number of carbonyl (C=O) groups is 1. The van der Waals surface area contributed by atoms with E-state index in [1.54, 1.807) is 12.1 Å². The SMILES string of the molecule is CC(C)N1CCC(N2CC(=O)N(C(C)C)CC(OCc3ccc(F)cc3)C2)CC1. The number of carbonyl (C=O) groups excluding carboxylic acids is 1. The maximum Gasteiger partial charge on any atom is 0.237 e. The molecule has 3 rings (SSSR count). The summed E-state index contributed by atoms with van der Waals surface area (Å²) >= 11 is 0. The van der Waals surface area contributed by atoms with Gasteiger partial charge in [-0.05, 0) is 71.3 Å². The zero-order valence-corrected chi connectivity index (χ0v) is 18.3. The van der Waals surface area contributed by atoms with Crippen molar-refractivity contribution in [3.05, 3.63) is 35.6 Å². The standard InChI is InChI=1S/C23H36FN3O2/c1-17(2)25-11-9-21(10-12-25)26-13-22(14-27(18(3)4)23(28)15-26)29-16-19-5-7-20(24)8-6-19/h5-8,17-18,21-22H,9-16H2,1-4H3. The second-order valence-electron chi connectivity index (χ2n) is 8.99. The molecule has 1 unspecified atom stereocenters. The number of ether oxygens (including phenoxy) is 1. The lowest BCUT2D eigenvalue weighted by Crippen LogP contribution is -2.49. The van der Waals surface area contributed by atoms with Gasteiger partial charge in [0.15, 0.2) is 0 Å². The van der Waals surface area contributed by atoms with Crippen LogP contribution in [0.5, 0.6) is 0 Å². The lowest BCUT2D eigenvalue weighted by atomic mass is 10.0. The Bertz CT molecular complexity index is 657. The van der Waals surface area contributed by atoms with Crippen LogP contribution in [0.2, 0.25) is 0 Å². The van der Waals surface area contributed by atoms with Crippen molar-refractivity contribution in [2.24, 2.45) is 0 Å². The molecule has 0 spiro atoms. The van der Waals surface area contributed by atoms with E-state index in [2.05, 4.69) is 37.5 Å². The van der Waals surface area contributed by atoms with E-state index in [-0.39, 0.29) is 23.9 Å². The first kappa shape index (κ1) is 22.2. The highest BCUT2D eigenvalue weighted by Crippen LogP contribution is 2.22. The quantitative estimate of drug-likeness (QED) is 0.729. The molecule has 29 heavy (non-hydrogen) atoms. The lowest BCUT2D eigenvalue weighted by molar-refractivity contribution is -0.134. The number of rotatable bonds is 6. The van der Waals surface area contributed by atoms with Gasteiger partial charge in [0.25, 0.3) is 0 Å². The van der Waals surface area contributed by atoms with E-state index in [4.69, 9.17) is 4.74 Å². The third-order valence-corrected chi connectivity index (χ3v) is 6.27. The molecule has 0 N–H and O–H groups in total. The Balaban J connectivity index is 1.66. The summed E-state index contributed by atoms with van der Waals surface area (Å²) in [4.78, 5) is 19.7. The average molecular weight is 406 g/mol. The molecule has 1 atom stereocenters. The number of halogens is 1. The van der Waals surface area contributed by atoms with Gasteiger partial charge in [-0.25, -0.2) is 4.39 Å². The molecule has 5 nitrogen and oxygen atoms in total. The van der Waals surface area contributed by atoms with Crippen LogP contribution in [0.3, 0.4) is 0 Å². The van der Waals surface area contributed by atoms with Crippen molar-refractivity contribution in [1.82, 2.24) is 14.7 Å². The summed E-state index contributed by atoms with van der Waals surface area (Å²) < 4.78 is 19.4. The van der Waals surface area contributed by atoms with E-state index in [9.17, 15) is 9.18 Å². The van der Waals surface area contributed by atoms with Crippen molar-refractivity contribution in [2.75, 3.05) is 32.7 Å². The van der Waals surface area contributed by atoms with Crippen molar-refractivity contribution < 1.29 is 13.9 Å². The summed E-state index contributed by atoms with van der Waals surface area (Å²) in [6.07, 6.45) is 2.15. The zero-order chi connectivity index (χ0) is 21.0. The topological polar surface area (TPSA) is 36.0 Å². The van der Waals surface area contributed by atoms with E-state index < -0.39 is 0 Å². The van der Waals surface area contributed by atoms with Gasteiger partial charge >= 0.3 is 0 Å². The van der Waals surface area contributed by atoms with E-state index >= 15 is 0 Å². The Morgan fingerprint density at radius 1 is 1.03 bits per heavy atom. The zero-order valence-electron chi connectivity index (χ0n) is 18.3. The normalized spacial score (nSPS) is 23.2. The summed E-state index contributed by atoms with van der Waals surface area (Å²) in [5, 5.41) is 0. The highest BCUT2D eigenvalue weighted by molar-refractivity contribution is 5.79. The molecule has 162 valence electrons. The number of nitrogens with zero attached hydrogens (tertiary/aromatic N) is 3. The van der Waals surface area contributed by atoms with Crippen molar-refractivity contribution in [1.29, 1.82) is 0 Å². The van der Waals surface area contributed by atoms with E-state index in [1.807, 2.05) is 4.90 Å². The molecule has 2 heterocycles. The Morgan fingerprint density at radius 2 is 1.69 bits per heavy atom. The molecule has 0 saturated carbocycles. The fraction of sp³-hybridized carbons (Fsp3) is 0.696. The fourth-order valence-corrected chi connectivity index (χ4v) is 4.41. The van der Waals surface area contributed by atoms with Crippen LogP contribution in [0.1, 0.15) is 46.1 Å². The lowest BCUT2D eigenvalue weighted by Gasteiger charge is -2.39. The van der Waals surface area contributed by atoms with Crippen molar-refractivity contribution in [2.45, 2.75) is 71.4 Å². The second-order valence-corrected chi connectivity index (χ2v) is 8.99. The van der Waals surface area contributed by atoms with Gasteiger partial charge in [-0.3, -0.25) is 9.69 Å². The monoisotopic (exact) mass is 405 g/mol. The number of hydrogen-bond donors (Lipinski definition) is 0. The van der Waals surface area contributed by atoms with Gasteiger partial charge in [0.2, 0.25) is 5.91 Å². The Labute approximate surface area is 174 Å². The minimum absolute atomic E-state index is 0.0444. The number of piperidine rings is 1. The summed E-state index contributed by atoms with van der Waals surface area (Å²) in [7, 11) is 0. The smallest absolute Gasteiger partial charge is 0.237 e. The van der Waals surface area contributed by atoms with E-state index in [0.29, 0.717) is 31.8 Å². The predicted octanol–water partition coefficient (Wildman–Crippen LogP) is 3.14. The van der Waals surface area contributed by atoms with Crippen LogP contribution in [-0.4, -0.2) is 77.6 Å². The van der Waals surface area contributed by atoms with Gasteiger partial charge in [0.05, 0.1) is 19.3 Å². The van der Waals surface area contributed by atoms with Gasteiger partial charge in [-0.15, -0.1) is 0 Å². The molecule has 2 aliphatic heterocycles. The first-order valence-corrected chi connectivity index (χ1v) is 11.0. The van der Waals surface area contributed by atoms with Gasteiger partial charge < -0.3 is 14.5 Å². The van der Waals surface area contributed by atoms with Crippen LogP contribution in [0.15, 0.2) is 24.3 Å². The molecule has 1 aromatic rings. The molecule has 6 heteroatoms. The predicted molar refractivity (Wildman–Crippen MR) is 113 cm³/mol. The van der Waals surface area contributed by atoms with Crippen LogP contribution in [0.4, 0.5) is 4.39 Å². The molecule has 0 radical (unpaired) electrons. The van der Waals surface area contributed by atoms with Crippen molar-refractivity contribution in [3.8, 4) is 0 Å². The van der Waals surface area contributed by atoms with Crippen LogP contribution >= 0.6 is 0 Å². The summed E-state index contributed by atoms with van der Waals surface area (Å²) in [6.45, 7) is 13.1. The molecule has 2 saturated heterocycles. The van der Waals surface area contributed by atoms with Gasteiger partial charge in [0, 0.05) is 31.2 Å². The minimum atomic E-state index is -0.237. The number of hydrogen-bond acceptors (Lipinski definition) is 4. The largest absolute Gasteiger partial charge is 0.370 e. The second kappa shape index (κ2) is 10.0. The van der Waals surface area contributed by atoms with Crippen LogP contribution in [0, 0.1) is 5.82 Å². The van der Waals surface area contributed by atoms with Crippen LogP contribution < -0.4 is 0 Å². The van der Waals surface area contributed by atoms with E-state index in [0.717, 1.165) is 38.0 Å². The van der Waals surface area contributed by atoms with Crippen molar-refractivity contribution >= 4 is 5.91 Å². The number of amides is 1. The van der Waals surface area contributed by atoms with Gasteiger partial charge in [-0.1, -0.05) is 12.1 Å². The summed E-state index contributed by atoms with van der Waals surface area (Å²) in [5.74, 6) is -0.0436. The third-order valence-electron chi connectivity index (χ3n) is 6.27. The first-order valence-electron chi connectivity index (χ1n) is 11.0. The molecule has 0 aliphatic carbocycles. The number of likely N-dealkylation sites (tertiary alicyclic amines) is 1. The maximum absolute atomic E-state index is 13.2. The molecule has 0 aromatic heterocycles. The molecule has 2 aliphatic rings. The minimum Gasteiger partial charge on any atom is -0.370 e. The fourth-order valence-electron chi connectivity index (χ4n) is 4.41. The Morgan fingerprint density at radius 3 is 2.28 bits per heavy atom. The molecule has 1 aromatic carbocycles. The molecular weight excluding hydrogens is 369 g/mol. The molecule has 0 bridgehead atoms. The highest BCUT2D eigenvalue weighted by Gasteiger charge is 2.34. The third kappa shape index (κ3) is 6.00. The maximum atomic E-state index is 13.2. The number of benzene rings is 1. The van der Waals surface area contributed by atoms with Crippen LogP contribution in [-0.2, 0) is 16.1 Å². The van der Waals surface area contributed by atoms with Gasteiger partial charge in [-0.2, -0.15) is 0 Å². The molecular formula is C23H36FN3O2. The molecule has 1 amide bonds. The average Bonchev–Trinajstić information content (AvgIpc) is 2.86. The highest BCUT2D eigenvalue weighted by atomic mass is 19.1.